The summed E-state index contributed by atoms with van der Waals surface area (Å²) in [6.07, 6.45) is 9.26. The molecule has 0 aromatic heterocycles. The number of ketones is 1. The van der Waals surface area contributed by atoms with E-state index in [0.717, 1.165) is 46.6 Å². The molecule has 0 bridgehead atoms. The summed E-state index contributed by atoms with van der Waals surface area (Å²) in [5.41, 5.74) is 10.7. The summed E-state index contributed by atoms with van der Waals surface area (Å²) >= 11 is 0. The number of nitrogens with zero attached hydrogens (tertiary/aromatic N) is 3. The Hall–Kier alpha value is -4.72. The summed E-state index contributed by atoms with van der Waals surface area (Å²) in [5.74, 6) is 0.0932. The van der Waals surface area contributed by atoms with Crippen molar-refractivity contribution in [2.45, 2.75) is 45.1 Å². The van der Waals surface area contributed by atoms with Gasteiger partial charge in [-0.3, -0.25) is 15.1 Å². The Kier molecular flexibility index (Phi) is 8.89. The maximum atomic E-state index is 14.2. The quantitative estimate of drug-likeness (QED) is 0.168. The van der Waals surface area contributed by atoms with Crippen molar-refractivity contribution in [1.82, 2.24) is 10.3 Å². The van der Waals surface area contributed by atoms with E-state index in [1.807, 2.05) is 72.8 Å². The van der Waals surface area contributed by atoms with E-state index in [1.165, 1.54) is 25.3 Å². The van der Waals surface area contributed by atoms with Gasteiger partial charge in [0.1, 0.15) is 0 Å². The lowest BCUT2D eigenvalue weighted by molar-refractivity contribution is -0.114. The number of hydrogen-bond donors (Lipinski definition) is 3. The highest BCUT2D eigenvalue weighted by atomic mass is 16.2. The molecule has 8 nitrogen and oxygen atoms in total. The smallest absolute Gasteiger partial charge is 0.349 e. The molecule has 2 aliphatic rings. The predicted octanol–water partition coefficient (Wildman–Crippen LogP) is 6.20. The molecule has 1 aliphatic heterocycles. The molecule has 1 fully saturated rings. The molecule has 8 heteroatoms. The lowest BCUT2D eigenvalue weighted by Gasteiger charge is -2.27. The SMILES string of the molecule is N=C(N)NCCC(=O)/C=C\c1ccc(N2C(=O)N(Cc3ccccc3)N=C(C3CCCCC3)c3ccccc32)cc1. The van der Waals surface area contributed by atoms with Crippen molar-refractivity contribution < 1.29 is 9.59 Å². The number of hydrogen-bond acceptors (Lipinski definition) is 4. The van der Waals surface area contributed by atoms with Gasteiger partial charge in [0.2, 0.25) is 0 Å². The second-order valence-electron chi connectivity index (χ2n) is 10.5. The number of rotatable bonds is 9. The number of para-hydroxylation sites is 1. The molecule has 5 rings (SSSR count). The number of amides is 2. The van der Waals surface area contributed by atoms with Gasteiger partial charge in [0.05, 0.1) is 23.6 Å². The van der Waals surface area contributed by atoms with Crippen LogP contribution in [0.1, 0.15) is 55.2 Å². The summed E-state index contributed by atoms with van der Waals surface area (Å²) in [6.45, 7) is 0.695. The Balaban J connectivity index is 1.46. The van der Waals surface area contributed by atoms with Crippen molar-refractivity contribution in [3.8, 4) is 0 Å². The van der Waals surface area contributed by atoms with E-state index in [1.54, 1.807) is 16.0 Å². The fraction of sp³-hybridized carbons (Fsp3) is 0.273. The number of hydrazone groups is 1. The number of allylic oxidation sites excluding steroid dienone is 1. The first-order valence-electron chi connectivity index (χ1n) is 14.2. The van der Waals surface area contributed by atoms with E-state index in [4.69, 9.17) is 16.2 Å². The molecule has 2 amide bonds. The monoisotopic (exact) mass is 548 g/mol. The third-order valence-corrected chi connectivity index (χ3v) is 7.53. The third-order valence-electron chi connectivity index (χ3n) is 7.53. The van der Waals surface area contributed by atoms with Gasteiger partial charge >= 0.3 is 6.03 Å². The van der Waals surface area contributed by atoms with Gasteiger partial charge in [-0.2, -0.15) is 5.10 Å². The Labute approximate surface area is 241 Å². The fourth-order valence-corrected chi connectivity index (χ4v) is 5.44. The number of urea groups is 1. The first-order chi connectivity index (χ1) is 20.0. The summed E-state index contributed by atoms with van der Waals surface area (Å²) in [4.78, 5) is 28.2. The number of guanidine groups is 1. The van der Waals surface area contributed by atoms with Crippen LogP contribution in [0.15, 0.2) is 90.0 Å². The predicted molar refractivity (Wildman–Crippen MR) is 164 cm³/mol. The lowest BCUT2D eigenvalue weighted by Crippen LogP contribution is -2.36. The van der Waals surface area contributed by atoms with Crippen LogP contribution < -0.4 is 16.0 Å². The third kappa shape index (κ3) is 6.90. The van der Waals surface area contributed by atoms with Crippen LogP contribution in [-0.2, 0) is 11.3 Å². The highest BCUT2D eigenvalue weighted by Crippen LogP contribution is 2.37. The minimum Gasteiger partial charge on any atom is -0.370 e. The van der Waals surface area contributed by atoms with Crippen LogP contribution in [0.5, 0.6) is 0 Å². The van der Waals surface area contributed by atoms with Gasteiger partial charge < -0.3 is 11.1 Å². The topological polar surface area (TPSA) is 115 Å². The van der Waals surface area contributed by atoms with Gasteiger partial charge in [-0.15, -0.1) is 0 Å². The van der Waals surface area contributed by atoms with Crippen LogP contribution in [0, 0.1) is 11.3 Å². The number of carbonyl (C=O) groups excluding carboxylic acids is 2. The van der Waals surface area contributed by atoms with Crippen molar-refractivity contribution in [1.29, 1.82) is 5.41 Å². The molecule has 1 aliphatic carbocycles. The molecule has 4 N–H and O–H groups in total. The summed E-state index contributed by atoms with van der Waals surface area (Å²) in [5, 5.41) is 16.5. The average molecular weight is 549 g/mol. The zero-order valence-electron chi connectivity index (χ0n) is 23.1. The molecular weight excluding hydrogens is 512 g/mol. The van der Waals surface area contributed by atoms with Crippen molar-refractivity contribution in [2.75, 3.05) is 11.4 Å². The Morgan fingerprint density at radius 1 is 0.976 bits per heavy atom. The molecule has 3 aromatic carbocycles. The van der Waals surface area contributed by atoms with Gasteiger partial charge in [-0.1, -0.05) is 86.0 Å². The highest BCUT2D eigenvalue weighted by Gasteiger charge is 2.34. The summed E-state index contributed by atoms with van der Waals surface area (Å²) < 4.78 is 0. The molecule has 41 heavy (non-hydrogen) atoms. The molecule has 0 spiro atoms. The van der Waals surface area contributed by atoms with Gasteiger partial charge in [0, 0.05) is 24.4 Å². The first-order valence-corrected chi connectivity index (χ1v) is 14.2. The molecule has 3 aromatic rings. The Morgan fingerprint density at radius 3 is 2.41 bits per heavy atom. The van der Waals surface area contributed by atoms with Crippen molar-refractivity contribution >= 4 is 40.9 Å². The summed E-state index contributed by atoms with van der Waals surface area (Å²) in [6, 6.07) is 25.4. The van der Waals surface area contributed by atoms with Crippen molar-refractivity contribution in [3.05, 3.63) is 102 Å². The van der Waals surface area contributed by atoms with E-state index >= 15 is 0 Å². The molecule has 0 atom stereocenters. The zero-order valence-corrected chi connectivity index (χ0v) is 23.1. The van der Waals surface area contributed by atoms with E-state index < -0.39 is 0 Å². The van der Waals surface area contributed by atoms with E-state index in [9.17, 15) is 9.59 Å². The van der Waals surface area contributed by atoms with Gasteiger partial charge in [0.25, 0.3) is 0 Å². The van der Waals surface area contributed by atoms with Gasteiger partial charge in [0.15, 0.2) is 11.7 Å². The van der Waals surface area contributed by atoms with Crippen LogP contribution in [-0.4, -0.2) is 35.0 Å². The normalized spacial score (nSPS) is 15.8. The van der Waals surface area contributed by atoms with Gasteiger partial charge in [-0.05, 0) is 48.2 Å². The fourth-order valence-electron chi connectivity index (χ4n) is 5.44. The van der Waals surface area contributed by atoms with Crippen molar-refractivity contribution in [2.24, 2.45) is 16.8 Å². The van der Waals surface area contributed by atoms with Crippen LogP contribution >= 0.6 is 0 Å². The number of anilines is 2. The lowest BCUT2D eigenvalue weighted by atomic mass is 9.83. The number of carbonyl (C=O) groups is 2. The second kappa shape index (κ2) is 13.1. The highest BCUT2D eigenvalue weighted by molar-refractivity contribution is 6.13. The Bertz CT molecular complexity index is 1440. The molecule has 210 valence electrons. The zero-order chi connectivity index (χ0) is 28.6. The standard InChI is InChI=1S/C33H36N6O2/c34-32(35)36-22-21-28(40)20-17-24-15-18-27(19-16-24)39-30-14-8-7-13-29(30)31(26-11-5-2-6-12-26)37-38(33(39)41)23-25-9-3-1-4-10-25/h1,3-4,7-10,13-20,26H,2,5-6,11-12,21-23H2,(H4,34,35,36)/b20-17-. The minimum atomic E-state index is -0.205. The molecule has 0 unspecified atom stereocenters. The van der Waals surface area contributed by atoms with Gasteiger partial charge in [-0.25, -0.2) is 9.80 Å². The molecular formula is C33H36N6O2. The first kappa shape index (κ1) is 27.8. The molecule has 1 saturated carbocycles. The molecule has 0 saturated heterocycles. The summed E-state index contributed by atoms with van der Waals surface area (Å²) in [7, 11) is 0. The van der Waals surface area contributed by atoms with Crippen molar-refractivity contribution in [3.63, 3.8) is 0 Å². The number of fused-ring (bicyclic) bond motifs is 1. The van der Waals surface area contributed by atoms with Crippen LogP contribution in [0.3, 0.4) is 0 Å². The van der Waals surface area contributed by atoms with Crippen LogP contribution in [0.4, 0.5) is 16.2 Å². The maximum absolute atomic E-state index is 14.2. The van der Waals surface area contributed by atoms with E-state index in [2.05, 4.69) is 11.4 Å². The number of benzene rings is 3. The average Bonchev–Trinajstić information content (AvgIpc) is 3.11. The minimum absolute atomic E-state index is 0.0663. The number of nitrogens with one attached hydrogen (secondary N) is 2. The molecule has 1 heterocycles. The van der Waals surface area contributed by atoms with E-state index in [0.29, 0.717) is 19.0 Å². The largest absolute Gasteiger partial charge is 0.370 e. The Morgan fingerprint density at radius 2 is 1.68 bits per heavy atom. The number of nitrogens with two attached hydrogens (primary N) is 1. The second-order valence-corrected chi connectivity index (χ2v) is 10.5. The van der Waals surface area contributed by atoms with E-state index in [-0.39, 0.29) is 24.2 Å². The molecule has 0 radical (unpaired) electrons. The maximum Gasteiger partial charge on any atom is 0.349 e. The van der Waals surface area contributed by atoms with Crippen LogP contribution in [0.2, 0.25) is 0 Å². The van der Waals surface area contributed by atoms with Crippen LogP contribution in [0.25, 0.3) is 6.08 Å².